The van der Waals surface area contributed by atoms with Crippen molar-refractivity contribution in [1.29, 1.82) is 0 Å². The second-order valence-corrected chi connectivity index (χ2v) is 5.64. The van der Waals surface area contributed by atoms with Crippen LogP contribution in [-0.2, 0) is 9.59 Å². The normalized spacial score (nSPS) is 22.3. The topological polar surface area (TPSA) is 104 Å². The molecular weight excluding hydrogens is 246 g/mol. The van der Waals surface area contributed by atoms with Gasteiger partial charge >= 0.3 is 0 Å². The molecule has 0 aliphatic carbocycles. The molecular formula is C13H25N3O3. The predicted molar refractivity (Wildman–Crippen MR) is 72.2 cm³/mol. The van der Waals surface area contributed by atoms with Crippen molar-refractivity contribution in [2.45, 2.75) is 45.2 Å². The third-order valence-electron chi connectivity index (χ3n) is 3.44. The number of aliphatic hydroxyl groups excluding tert-OH is 1. The van der Waals surface area contributed by atoms with E-state index < -0.39 is 11.9 Å². The summed E-state index contributed by atoms with van der Waals surface area (Å²) in [7, 11) is 0. The molecule has 1 heterocycles. The fourth-order valence-corrected chi connectivity index (χ4v) is 2.43. The zero-order valence-electron chi connectivity index (χ0n) is 11.7. The lowest BCUT2D eigenvalue weighted by Crippen LogP contribution is -2.49. The molecule has 0 unspecified atom stereocenters. The van der Waals surface area contributed by atoms with Crippen molar-refractivity contribution < 1.29 is 14.7 Å². The molecule has 0 spiro atoms. The molecule has 1 aliphatic heterocycles. The SMILES string of the molecule is CC(C)C[C@H](N[C@H](CO)C[C@@H]1CCNC1=O)C(N)=O. The summed E-state index contributed by atoms with van der Waals surface area (Å²) >= 11 is 0. The average Bonchev–Trinajstić information content (AvgIpc) is 2.72. The molecule has 0 aromatic rings. The third kappa shape index (κ3) is 5.16. The molecule has 1 aliphatic rings. The van der Waals surface area contributed by atoms with Crippen LogP contribution in [0.2, 0.25) is 0 Å². The standard InChI is InChI=1S/C13H25N3O3/c1-8(2)5-11(12(14)18)16-10(7-17)6-9-3-4-15-13(9)19/h8-11,16-17H,3-7H2,1-2H3,(H2,14,18)(H,15,19)/t9-,10-,11-/m0/s1. The summed E-state index contributed by atoms with van der Waals surface area (Å²) in [5.74, 6) is -0.140. The second kappa shape index (κ2) is 7.45. The van der Waals surface area contributed by atoms with Gasteiger partial charge < -0.3 is 21.5 Å². The number of rotatable bonds is 8. The summed E-state index contributed by atoms with van der Waals surface area (Å²) in [4.78, 5) is 22.9. The van der Waals surface area contributed by atoms with E-state index in [1.165, 1.54) is 0 Å². The van der Waals surface area contributed by atoms with Crippen molar-refractivity contribution in [1.82, 2.24) is 10.6 Å². The van der Waals surface area contributed by atoms with Gasteiger partial charge in [-0.25, -0.2) is 0 Å². The van der Waals surface area contributed by atoms with E-state index in [-0.39, 0.29) is 24.5 Å². The Kier molecular flexibility index (Phi) is 6.24. The molecule has 0 aromatic heterocycles. The Labute approximate surface area is 114 Å². The van der Waals surface area contributed by atoms with Gasteiger partial charge in [0.2, 0.25) is 11.8 Å². The fourth-order valence-electron chi connectivity index (χ4n) is 2.43. The third-order valence-corrected chi connectivity index (χ3v) is 3.44. The molecule has 6 heteroatoms. The Hall–Kier alpha value is -1.14. The van der Waals surface area contributed by atoms with E-state index in [1.807, 2.05) is 13.8 Å². The van der Waals surface area contributed by atoms with Crippen LogP contribution >= 0.6 is 0 Å². The number of hydrogen-bond donors (Lipinski definition) is 4. The summed E-state index contributed by atoms with van der Waals surface area (Å²) in [5, 5.41) is 15.2. The van der Waals surface area contributed by atoms with Crippen molar-refractivity contribution >= 4 is 11.8 Å². The summed E-state index contributed by atoms with van der Waals surface area (Å²) in [6.45, 7) is 4.60. The van der Waals surface area contributed by atoms with E-state index in [0.717, 1.165) is 6.42 Å². The Morgan fingerprint density at radius 1 is 1.58 bits per heavy atom. The summed E-state index contributed by atoms with van der Waals surface area (Å²) in [6.07, 6.45) is 1.94. The molecule has 1 saturated heterocycles. The molecule has 0 saturated carbocycles. The van der Waals surface area contributed by atoms with E-state index in [4.69, 9.17) is 5.73 Å². The number of nitrogens with one attached hydrogen (secondary N) is 2. The van der Waals surface area contributed by atoms with Crippen LogP contribution in [-0.4, -0.2) is 42.2 Å². The molecule has 5 N–H and O–H groups in total. The van der Waals surface area contributed by atoms with E-state index in [2.05, 4.69) is 10.6 Å². The minimum Gasteiger partial charge on any atom is -0.395 e. The number of amides is 2. The van der Waals surface area contributed by atoms with Crippen LogP contribution in [0.3, 0.4) is 0 Å². The van der Waals surface area contributed by atoms with Crippen LogP contribution in [0.4, 0.5) is 0 Å². The van der Waals surface area contributed by atoms with Gasteiger partial charge in [0.1, 0.15) is 0 Å². The molecule has 19 heavy (non-hydrogen) atoms. The maximum Gasteiger partial charge on any atom is 0.234 e. The van der Waals surface area contributed by atoms with Crippen molar-refractivity contribution in [3.8, 4) is 0 Å². The van der Waals surface area contributed by atoms with Gasteiger partial charge in [0.05, 0.1) is 12.6 Å². The molecule has 3 atom stereocenters. The highest BCUT2D eigenvalue weighted by Gasteiger charge is 2.29. The first-order valence-electron chi connectivity index (χ1n) is 6.88. The van der Waals surface area contributed by atoms with Crippen LogP contribution in [0.15, 0.2) is 0 Å². The van der Waals surface area contributed by atoms with E-state index in [9.17, 15) is 14.7 Å². The lowest BCUT2D eigenvalue weighted by atomic mass is 9.96. The molecule has 1 rings (SSSR count). The van der Waals surface area contributed by atoms with E-state index in [1.54, 1.807) is 0 Å². The average molecular weight is 271 g/mol. The number of aliphatic hydroxyl groups is 1. The fraction of sp³-hybridized carbons (Fsp3) is 0.846. The Balaban J connectivity index is 2.53. The summed E-state index contributed by atoms with van der Waals surface area (Å²) < 4.78 is 0. The maximum atomic E-state index is 11.5. The zero-order valence-corrected chi connectivity index (χ0v) is 11.7. The summed E-state index contributed by atoms with van der Waals surface area (Å²) in [5.41, 5.74) is 5.36. The van der Waals surface area contributed by atoms with E-state index >= 15 is 0 Å². The molecule has 110 valence electrons. The molecule has 0 bridgehead atoms. The highest BCUT2D eigenvalue weighted by molar-refractivity contribution is 5.81. The monoisotopic (exact) mass is 271 g/mol. The predicted octanol–water partition coefficient (Wildman–Crippen LogP) is -0.637. The largest absolute Gasteiger partial charge is 0.395 e. The van der Waals surface area contributed by atoms with Crippen molar-refractivity contribution in [2.75, 3.05) is 13.2 Å². The first kappa shape index (κ1) is 15.9. The number of hydrogen-bond acceptors (Lipinski definition) is 4. The number of carbonyl (C=O) groups excluding carboxylic acids is 2. The minimum atomic E-state index is -0.457. The van der Waals surface area contributed by atoms with Gasteiger partial charge in [-0.15, -0.1) is 0 Å². The van der Waals surface area contributed by atoms with Crippen molar-refractivity contribution in [3.05, 3.63) is 0 Å². The quantitative estimate of drug-likeness (QED) is 0.471. The number of primary amides is 1. The molecule has 0 aromatic carbocycles. The molecule has 0 radical (unpaired) electrons. The maximum absolute atomic E-state index is 11.5. The van der Waals surface area contributed by atoms with Gasteiger partial charge in [-0.2, -0.15) is 0 Å². The molecule has 2 amide bonds. The number of nitrogens with two attached hydrogens (primary N) is 1. The zero-order chi connectivity index (χ0) is 14.4. The van der Waals surface area contributed by atoms with Gasteiger partial charge in [-0.05, 0) is 25.2 Å². The van der Waals surface area contributed by atoms with Gasteiger partial charge in [-0.1, -0.05) is 13.8 Å². The highest BCUT2D eigenvalue weighted by Crippen LogP contribution is 2.17. The smallest absolute Gasteiger partial charge is 0.234 e. The second-order valence-electron chi connectivity index (χ2n) is 5.64. The lowest BCUT2D eigenvalue weighted by Gasteiger charge is -2.25. The van der Waals surface area contributed by atoms with Gasteiger partial charge in [-0.3, -0.25) is 9.59 Å². The molecule has 6 nitrogen and oxygen atoms in total. The van der Waals surface area contributed by atoms with E-state index in [0.29, 0.717) is 25.3 Å². The highest BCUT2D eigenvalue weighted by atomic mass is 16.3. The van der Waals surface area contributed by atoms with Crippen LogP contribution in [0.5, 0.6) is 0 Å². The lowest BCUT2D eigenvalue weighted by molar-refractivity contribution is -0.122. The van der Waals surface area contributed by atoms with Crippen LogP contribution < -0.4 is 16.4 Å². The number of carbonyl (C=O) groups is 2. The Bertz CT molecular complexity index is 320. The minimum absolute atomic E-state index is 0.0275. The van der Waals surface area contributed by atoms with Gasteiger partial charge in [0.25, 0.3) is 0 Å². The van der Waals surface area contributed by atoms with Gasteiger partial charge in [0.15, 0.2) is 0 Å². The first-order valence-corrected chi connectivity index (χ1v) is 6.88. The first-order chi connectivity index (χ1) is 8.93. The van der Waals surface area contributed by atoms with Crippen molar-refractivity contribution in [2.24, 2.45) is 17.6 Å². The summed E-state index contributed by atoms with van der Waals surface area (Å²) in [6, 6.07) is -0.730. The Morgan fingerprint density at radius 2 is 2.26 bits per heavy atom. The molecule has 1 fully saturated rings. The van der Waals surface area contributed by atoms with Crippen molar-refractivity contribution in [3.63, 3.8) is 0 Å². The van der Waals surface area contributed by atoms with Gasteiger partial charge in [0, 0.05) is 18.5 Å². The van der Waals surface area contributed by atoms with Crippen LogP contribution in [0.1, 0.15) is 33.1 Å². The Morgan fingerprint density at radius 3 is 2.68 bits per heavy atom. The van der Waals surface area contributed by atoms with Crippen LogP contribution in [0, 0.1) is 11.8 Å². The van der Waals surface area contributed by atoms with Crippen LogP contribution in [0.25, 0.3) is 0 Å².